The van der Waals surface area contributed by atoms with Crippen molar-refractivity contribution in [2.45, 2.75) is 65.5 Å². The van der Waals surface area contributed by atoms with Crippen molar-refractivity contribution < 1.29 is 4.90 Å². The molecule has 0 saturated heterocycles. The predicted octanol–water partition coefficient (Wildman–Crippen LogP) is 2.88. The minimum Gasteiger partial charge on any atom is -0.358 e. The second-order valence-corrected chi connectivity index (χ2v) is 7.13. The zero-order chi connectivity index (χ0) is 16.4. The van der Waals surface area contributed by atoms with E-state index in [4.69, 9.17) is 0 Å². The summed E-state index contributed by atoms with van der Waals surface area (Å²) in [7, 11) is 0. The van der Waals surface area contributed by atoms with E-state index in [1.54, 1.807) is 4.90 Å². The molecule has 1 aliphatic rings. The Morgan fingerprint density at radius 1 is 1.17 bits per heavy atom. The third-order valence-corrected chi connectivity index (χ3v) is 5.51. The van der Waals surface area contributed by atoms with Gasteiger partial charge in [0.25, 0.3) is 0 Å². The fourth-order valence-corrected chi connectivity index (χ4v) is 4.07. The second kappa shape index (κ2) is 6.88. The number of rotatable bonds is 4. The van der Waals surface area contributed by atoms with Crippen molar-refractivity contribution in [1.29, 1.82) is 0 Å². The van der Waals surface area contributed by atoms with Crippen LogP contribution in [0.3, 0.4) is 0 Å². The van der Waals surface area contributed by atoms with Crippen molar-refractivity contribution >= 4 is 10.9 Å². The molecule has 0 aliphatic heterocycles. The lowest BCUT2D eigenvalue weighted by atomic mass is 9.93. The van der Waals surface area contributed by atoms with E-state index in [1.165, 1.54) is 32.1 Å². The first-order valence-electron chi connectivity index (χ1n) is 9.07. The highest BCUT2D eigenvalue weighted by molar-refractivity contribution is 5.80. The van der Waals surface area contributed by atoms with E-state index in [1.807, 2.05) is 26.0 Å². The number of nitrogens with one attached hydrogen (secondary N) is 2. The molecule has 3 heteroatoms. The summed E-state index contributed by atoms with van der Waals surface area (Å²) in [5.41, 5.74) is 4.34. The fraction of sp³-hybridized carbons (Fsp3) is 0.550. The van der Waals surface area contributed by atoms with Gasteiger partial charge in [-0.15, -0.1) is 0 Å². The molecule has 1 fully saturated rings. The lowest BCUT2D eigenvalue weighted by Crippen LogP contribution is -3.14. The first-order valence-corrected chi connectivity index (χ1v) is 9.07. The molecular formula is C20H29N2O+. The number of hydrogen-bond donors (Lipinski definition) is 2. The number of H-pyrrole nitrogens is 1. The molecule has 2 N–H and O–H groups in total. The van der Waals surface area contributed by atoms with Crippen LogP contribution in [0.15, 0.2) is 23.0 Å². The first kappa shape index (κ1) is 16.3. The molecule has 124 valence electrons. The summed E-state index contributed by atoms with van der Waals surface area (Å²) < 4.78 is 0. The molecule has 3 rings (SSSR count). The van der Waals surface area contributed by atoms with Gasteiger partial charge in [-0.2, -0.15) is 0 Å². The number of fused-ring (bicyclic) bond motifs is 1. The molecule has 1 atom stereocenters. The number of quaternary nitrogens is 1. The van der Waals surface area contributed by atoms with Gasteiger partial charge in [0.2, 0.25) is 0 Å². The van der Waals surface area contributed by atoms with Crippen molar-refractivity contribution in [3.05, 3.63) is 45.2 Å². The summed E-state index contributed by atoms with van der Waals surface area (Å²) in [6.07, 6.45) is 6.70. The van der Waals surface area contributed by atoms with Crippen LogP contribution < -0.4 is 10.3 Å². The third kappa shape index (κ3) is 3.35. The van der Waals surface area contributed by atoms with Crippen LogP contribution >= 0.6 is 0 Å². The largest absolute Gasteiger partial charge is 0.358 e. The van der Waals surface area contributed by atoms with E-state index in [-0.39, 0.29) is 5.43 Å². The Bertz CT molecular complexity index is 741. The SMILES string of the molecule is CC[NH+](Cc1c(C)[nH]c2ccc(C)cc2c1=O)C1CCCCC1. The highest BCUT2D eigenvalue weighted by atomic mass is 16.1. The number of hydrogen-bond acceptors (Lipinski definition) is 1. The molecule has 1 aliphatic carbocycles. The van der Waals surface area contributed by atoms with Crippen LogP contribution in [0.5, 0.6) is 0 Å². The molecule has 0 amide bonds. The Labute approximate surface area is 138 Å². The summed E-state index contributed by atoms with van der Waals surface area (Å²) in [5.74, 6) is 0. The molecule has 3 nitrogen and oxygen atoms in total. The van der Waals surface area contributed by atoms with Crippen molar-refractivity contribution in [1.82, 2.24) is 4.98 Å². The Kier molecular flexibility index (Phi) is 4.86. The molecule has 0 spiro atoms. The van der Waals surface area contributed by atoms with Gasteiger partial charge in [0.15, 0.2) is 5.43 Å². The van der Waals surface area contributed by atoms with Crippen molar-refractivity contribution in [3.8, 4) is 0 Å². The van der Waals surface area contributed by atoms with E-state index in [2.05, 4.69) is 18.0 Å². The van der Waals surface area contributed by atoms with Crippen LogP contribution in [0.4, 0.5) is 0 Å². The molecule has 23 heavy (non-hydrogen) atoms. The zero-order valence-electron chi connectivity index (χ0n) is 14.7. The van der Waals surface area contributed by atoms with Crippen LogP contribution in [0.2, 0.25) is 0 Å². The molecule has 1 aromatic carbocycles. The molecular weight excluding hydrogens is 284 g/mol. The maximum atomic E-state index is 13.0. The van der Waals surface area contributed by atoms with Gasteiger partial charge in [-0.1, -0.05) is 18.1 Å². The van der Waals surface area contributed by atoms with Gasteiger partial charge in [0, 0.05) is 16.6 Å². The number of benzene rings is 1. The van der Waals surface area contributed by atoms with Gasteiger partial charge >= 0.3 is 0 Å². The Morgan fingerprint density at radius 2 is 1.91 bits per heavy atom. The van der Waals surface area contributed by atoms with E-state index in [0.29, 0.717) is 0 Å². The van der Waals surface area contributed by atoms with Crippen LogP contribution in [0, 0.1) is 13.8 Å². The summed E-state index contributed by atoms with van der Waals surface area (Å²) in [5, 5.41) is 0.838. The highest BCUT2D eigenvalue weighted by Gasteiger charge is 2.25. The summed E-state index contributed by atoms with van der Waals surface area (Å²) >= 11 is 0. The average Bonchev–Trinajstić information content (AvgIpc) is 2.57. The van der Waals surface area contributed by atoms with E-state index in [9.17, 15) is 4.79 Å². The molecule has 1 unspecified atom stereocenters. The smallest absolute Gasteiger partial charge is 0.198 e. The van der Waals surface area contributed by atoms with Crippen LogP contribution in [-0.2, 0) is 6.54 Å². The van der Waals surface area contributed by atoms with Crippen LogP contribution in [0.1, 0.15) is 55.8 Å². The Hall–Kier alpha value is -1.61. The minimum atomic E-state index is 0.224. The van der Waals surface area contributed by atoms with Gasteiger partial charge in [-0.3, -0.25) is 4.79 Å². The predicted molar refractivity (Wildman–Crippen MR) is 96.1 cm³/mol. The van der Waals surface area contributed by atoms with Crippen molar-refractivity contribution in [2.75, 3.05) is 6.54 Å². The van der Waals surface area contributed by atoms with Crippen molar-refractivity contribution in [3.63, 3.8) is 0 Å². The average molecular weight is 313 g/mol. The maximum Gasteiger partial charge on any atom is 0.198 e. The van der Waals surface area contributed by atoms with Gasteiger partial charge in [0.05, 0.1) is 18.2 Å². The first-order chi connectivity index (χ1) is 11.1. The molecule has 0 bridgehead atoms. The lowest BCUT2D eigenvalue weighted by molar-refractivity contribution is -0.938. The van der Waals surface area contributed by atoms with E-state index in [0.717, 1.165) is 46.9 Å². The van der Waals surface area contributed by atoms with Crippen LogP contribution in [0.25, 0.3) is 10.9 Å². The van der Waals surface area contributed by atoms with E-state index >= 15 is 0 Å². The number of aryl methyl sites for hydroxylation is 2. The number of aromatic amines is 1. The lowest BCUT2D eigenvalue weighted by Gasteiger charge is -2.30. The summed E-state index contributed by atoms with van der Waals surface area (Å²) in [6.45, 7) is 8.29. The third-order valence-electron chi connectivity index (χ3n) is 5.51. The summed E-state index contributed by atoms with van der Waals surface area (Å²) in [4.78, 5) is 18.0. The topological polar surface area (TPSA) is 37.3 Å². The van der Waals surface area contributed by atoms with Gasteiger partial charge in [0.1, 0.15) is 6.54 Å². The fourth-order valence-electron chi connectivity index (χ4n) is 4.07. The monoisotopic (exact) mass is 313 g/mol. The second-order valence-electron chi connectivity index (χ2n) is 7.13. The Morgan fingerprint density at radius 3 is 2.61 bits per heavy atom. The molecule has 1 heterocycles. The van der Waals surface area contributed by atoms with E-state index < -0.39 is 0 Å². The Balaban J connectivity index is 1.96. The standard InChI is InChI=1S/C20H28N2O/c1-4-22(16-8-6-5-7-9-16)13-18-15(3)21-19-11-10-14(2)12-17(19)20(18)23/h10-12,16H,4-9,13H2,1-3H3,(H,21,23)/p+1. The molecule has 1 saturated carbocycles. The van der Waals surface area contributed by atoms with Crippen LogP contribution in [-0.4, -0.2) is 17.6 Å². The quantitative estimate of drug-likeness (QED) is 0.895. The van der Waals surface area contributed by atoms with Gasteiger partial charge in [-0.25, -0.2) is 0 Å². The van der Waals surface area contributed by atoms with Gasteiger partial charge < -0.3 is 9.88 Å². The zero-order valence-corrected chi connectivity index (χ0v) is 14.7. The van der Waals surface area contributed by atoms with Crippen molar-refractivity contribution in [2.24, 2.45) is 0 Å². The number of aromatic nitrogens is 1. The van der Waals surface area contributed by atoms with Gasteiger partial charge in [-0.05, 0) is 58.6 Å². The molecule has 2 aromatic rings. The highest BCUT2D eigenvalue weighted by Crippen LogP contribution is 2.16. The maximum absolute atomic E-state index is 13.0. The number of pyridine rings is 1. The molecule has 0 radical (unpaired) electrons. The molecule has 1 aromatic heterocycles. The minimum absolute atomic E-state index is 0.224. The summed E-state index contributed by atoms with van der Waals surface area (Å²) in [6, 6.07) is 6.82. The normalized spacial score (nSPS) is 17.5.